The number of piperidine rings is 1. The van der Waals surface area contributed by atoms with Crippen LogP contribution in [0.25, 0.3) is 0 Å². The van der Waals surface area contributed by atoms with Gasteiger partial charge in [0.1, 0.15) is 5.78 Å². The van der Waals surface area contributed by atoms with Crippen molar-refractivity contribution in [3.05, 3.63) is 0 Å². The van der Waals surface area contributed by atoms with E-state index in [0.29, 0.717) is 5.78 Å². The van der Waals surface area contributed by atoms with Crippen LogP contribution in [0.4, 0.5) is 0 Å². The Kier molecular flexibility index (Phi) is 4.09. The summed E-state index contributed by atoms with van der Waals surface area (Å²) < 4.78 is 0. The van der Waals surface area contributed by atoms with Gasteiger partial charge in [-0.25, -0.2) is 0 Å². The highest BCUT2D eigenvalue weighted by atomic mass is 32.2. The summed E-state index contributed by atoms with van der Waals surface area (Å²) in [5.41, 5.74) is 0. The smallest absolute Gasteiger partial charge is 0.138 e. The lowest BCUT2D eigenvalue weighted by Crippen LogP contribution is -2.42. The van der Waals surface area contributed by atoms with Gasteiger partial charge >= 0.3 is 0 Å². The van der Waals surface area contributed by atoms with Gasteiger partial charge in [-0.15, -0.1) is 0 Å². The van der Waals surface area contributed by atoms with Crippen LogP contribution in [0.5, 0.6) is 0 Å². The zero-order valence-electron chi connectivity index (χ0n) is 9.58. The fraction of sp³-hybridized carbons (Fsp3) is 0.917. The zero-order valence-corrected chi connectivity index (χ0v) is 10.4. The molecule has 2 nitrogen and oxygen atoms in total. The van der Waals surface area contributed by atoms with E-state index < -0.39 is 0 Å². The second kappa shape index (κ2) is 5.35. The molecule has 0 bridgehead atoms. The molecule has 0 aromatic rings. The molecule has 1 unspecified atom stereocenters. The minimum Gasteiger partial charge on any atom is -0.302 e. The molecule has 2 aliphatic rings. The van der Waals surface area contributed by atoms with E-state index in [1.807, 2.05) is 0 Å². The quantitative estimate of drug-likeness (QED) is 0.720. The molecule has 0 aromatic heterocycles. The zero-order chi connectivity index (χ0) is 10.7. The summed E-state index contributed by atoms with van der Waals surface area (Å²) in [4.78, 5) is 13.9. The van der Waals surface area contributed by atoms with Crippen LogP contribution in [-0.4, -0.2) is 41.8 Å². The van der Waals surface area contributed by atoms with Gasteiger partial charge in [-0.2, -0.15) is 11.8 Å². The van der Waals surface area contributed by atoms with Crippen LogP contribution < -0.4 is 0 Å². The van der Waals surface area contributed by atoms with E-state index in [1.54, 1.807) is 0 Å². The van der Waals surface area contributed by atoms with Crippen molar-refractivity contribution in [2.75, 3.05) is 31.1 Å². The van der Waals surface area contributed by atoms with E-state index in [9.17, 15) is 4.79 Å². The maximum Gasteiger partial charge on any atom is 0.138 e. The molecular weight excluding hydrogens is 206 g/mol. The van der Waals surface area contributed by atoms with Crippen LogP contribution in [0.15, 0.2) is 0 Å². The van der Waals surface area contributed by atoms with Gasteiger partial charge in [0.2, 0.25) is 0 Å². The summed E-state index contributed by atoms with van der Waals surface area (Å²) in [6.45, 7) is 5.32. The Balaban J connectivity index is 1.76. The van der Waals surface area contributed by atoms with E-state index in [-0.39, 0.29) is 5.92 Å². The number of hydrogen-bond donors (Lipinski definition) is 0. The van der Waals surface area contributed by atoms with Crippen LogP contribution in [0.1, 0.15) is 26.2 Å². The second-order valence-electron chi connectivity index (χ2n) is 4.93. The van der Waals surface area contributed by atoms with Crippen LogP contribution in [-0.2, 0) is 4.79 Å². The van der Waals surface area contributed by atoms with E-state index in [2.05, 4.69) is 23.6 Å². The molecule has 2 aliphatic heterocycles. The first-order valence-corrected chi connectivity index (χ1v) is 7.24. The molecule has 1 atom stereocenters. The largest absolute Gasteiger partial charge is 0.302 e. The summed E-state index contributed by atoms with van der Waals surface area (Å²) in [5, 5.41) is 0. The molecule has 2 rings (SSSR count). The minimum atomic E-state index is 0.275. The highest BCUT2D eigenvalue weighted by Crippen LogP contribution is 2.24. The Bertz CT molecular complexity index is 226. The van der Waals surface area contributed by atoms with Crippen molar-refractivity contribution in [1.29, 1.82) is 0 Å². The van der Waals surface area contributed by atoms with Crippen molar-refractivity contribution in [3.63, 3.8) is 0 Å². The molecule has 0 aromatic carbocycles. The number of Topliss-reactive ketones (excluding diaryl/α,β-unsaturated/α-hetero) is 1. The summed E-state index contributed by atoms with van der Waals surface area (Å²) in [6, 6.07) is 0. The molecule has 0 amide bonds. The molecule has 86 valence electrons. The van der Waals surface area contributed by atoms with Crippen molar-refractivity contribution in [1.82, 2.24) is 4.90 Å². The van der Waals surface area contributed by atoms with Crippen LogP contribution in [0.3, 0.4) is 0 Å². The summed E-state index contributed by atoms with van der Waals surface area (Å²) >= 11 is 2.09. The normalized spacial score (nSPS) is 30.7. The van der Waals surface area contributed by atoms with Crippen molar-refractivity contribution < 1.29 is 4.79 Å². The Morgan fingerprint density at radius 3 is 2.80 bits per heavy atom. The molecule has 0 spiro atoms. The van der Waals surface area contributed by atoms with Gasteiger partial charge < -0.3 is 4.90 Å². The van der Waals surface area contributed by atoms with Crippen molar-refractivity contribution >= 4 is 17.5 Å². The lowest BCUT2D eigenvalue weighted by molar-refractivity contribution is -0.125. The number of rotatable bonds is 2. The molecule has 2 saturated heterocycles. The van der Waals surface area contributed by atoms with E-state index >= 15 is 0 Å². The first-order valence-electron chi connectivity index (χ1n) is 6.08. The Morgan fingerprint density at radius 2 is 2.13 bits per heavy atom. The number of hydrogen-bond acceptors (Lipinski definition) is 3. The highest BCUT2D eigenvalue weighted by molar-refractivity contribution is 7.99. The first kappa shape index (κ1) is 11.5. The Labute approximate surface area is 96.8 Å². The summed E-state index contributed by atoms with van der Waals surface area (Å²) in [6.07, 6.45) is 3.54. The van der Waals surface area contributed by atoms with Gasteiger partial charge in [-0.1, -0.05) is 6.92 Å². The molecule has 15 heavy (non-hydrogen) atoms. The fourth-order valence-electron chi connectivity index (χ4n) is 2.56. The fourth-order valence-corrected chi connectivity index (χ4v) is 3.76. The monoisotopic (exact) mass is 227 g/mol. The lowest BCUT2D eigenvalue weighted by Gasteiger charge is -2.34. The summed E-state index contributed by atoms with van der Waals surface area (Å²) in [7, 11) is 0. The maximum atomic E-state index is 11.4. The second-order valence-corrected chi connectivity index (χ2v) is 6.16. The number of likely N-dealkylation sites (tertiary alicyclic amines) is 1. The van der Waals surface area contributed by atoms with E-state index in [4.69, 9.17) is 0 Å². The molecule has 0 radical (unpaired) electrons. The Hall–Kier alpha value is -0.0200. The molecular formula is C12H21NOS. The minimum absolute atomic E-state index is 0.275. The molecule has 0 saturated carbocycles. The van der Waals surface area contributed by atoms with Crippen molar-refractivity contribution in [3.8, 4) is 0 Å². The van der Waals surface area contributed by atoms with Gasteiger partial charge in [-0.3, -0.25) is 4.79 Å². The van der Waals surface area contributed by atoms with Gasteiger partial charge in [0.25, 0.3) is 0 Å². The maximum absolute atomic E-state index is 11.4. The number of thioether (sulfide) groups is 1. The Morgan fingerprint density at radius 1 is 1.40 bits per heavy atom. The van der Waals surface area contributed by atoms with Crippen molar-refractivity contribution in [2.45, 2.75) is 26.2 Å². The van der Waals surface area contributed by atoms with Crippen LogP contribution in [0, 0.1) is 11.8 Å². The van der Waals surface area contributed by atoms with E-state index in [0.717, 1.165) is 25.4 Å². The van der Waals surface area contributed by atoms with E-state index in [1.165, 1.54) is 30.9 Å². The predicted octanol–water partition coefficient (Wildman–Crippen LogP) is 2.04. The number of carbonyl (C=O) groups is 1. The number of carbonyl (C=O) groups excluding carboxylic acids is 1. The topological polar surface area (TPSA) is 20.3 Å². The third-order valence-corrected chi connectivity index (χ3v) is 4.66. The lowest BCUT2D eigenvalue weighted by atomic mass is 9.96. The number of nitrogens with zero attached hydrogens (tertiary/aromatic N) is 1. The molecule has 0 aliphatic carbocycles. The van der Waals surface area contributed by atoms with Gasteiger partial charge in [-0.05, 0) is 30.3 Å². The number of ketones is 1. The average Bonchev–Trinajstić information content (AvgIpc) is 2.25. The third-order valence-electron chi connectivity index (χ3n) is 3.61. The SMILES string of the molecule is CC1CN(CC2CCSCC2)CCC1=O. The van der Waals surface area contributed by atoms with Crippen molar-refractivity contribution in [2.24, 2.45) is 11.8 Å². The molecule has 3 heteroatoms. The van der Waals surface area contributed by atoms with Gasteiger partial charge in [0.15, 0.2) is 0 Å². The van der Waals surface area contributed by atoms with Crippen LogP contribution in [0.2, 0.25) is 0 Å². The van der Waals surface area contributed by atoms with Crippen LogP contribution >= 0.6 is 11.8 Å². The van der Waals surface area contributed by atoms with Gasteiger partial charge in [0.05, 0.1) is 0 Å². The standard InChI is InChI=1S/C12H21NOS/c1-10-8-13(5-2-12(10)14)9-11-3-6-15-7-4-11/h10-11H,2-9H2,1H3. The molecule has 0 N–H and O–H groups in total. The van der Waals surface area contributed by atoms with Gasteiger partial charge in [0, 0.05) is 32.0 Å². The first-order chi connectivity index (χ1) is 7.25. The molecule has 2 heterocycles. The highest BCUT2D eigenvalue weighted by Gasteiger charge is 2.25. The molecule has 2 fully saturated rings. The third kappa shape index (κ3) is 3.22. The predicted molar refractivity (Wildman–Crippen MR) is 65.3 cm³/mol. The average molecular weight is 227 g/mol. The summed E-state index contributed by atoms with van der Waals surface area (Å²) in [5.74, 6) is 4.31.